The first kappa shape index (κ1) is 18.9. The van der Waals surface area contributed by atoms with Crippen molar-refractivity contribution in [2.45, 2.75) is 18.9 Å². The van der Waals surface area contributed by atoms with E-state index in [9.17, 15) is 18.3 Å². The number of β-amino-alcohol motifs (C(OH)–C–C–N with tert-alkyl or cyclic N) is 1. The molecule has 0 bridgehead atoms. The van der Waals surface area contributed by atoms with Gasteiger partial charge in [0.05, 0.1) is 11.9 Å². The van der Waals surface area contributed by atoms with Gasteiger partial charge in [0.1, 0.15) is 0 Å². The number of nitrogens with zero attached hydrogens (tertiary/aromatic N) is 2. The van der Waals surface area contributed by atoms with Crippen molar-refractivity contribution in [2.24, 2.45) is 5.92 Å². The van der Waals surface area contributed by atoms with Crippen LogP contribution in [0.5, 0.6) is 0 Å². The molecule has 2 heterocycles. The topological polar surface area (TPSA) is 93.7 Å². The fraction of sp³-hybridized carbons (Fsp3) is 0.500. The molecule has 2 aromatic rings. The van der Waals surface area contributed by atoms with E-state index < -0.39 is 22.0 Å². The second-order valence-corrected chi connectivity index (χ2v) is 9.27. The fourth-order valence-electron chi connectivity index (χ4n) is 3.38. The Morgan fingerprint density at radius 2 is 2.04 bits per heavy atom. The van der Waals surface area contributed by atoms with E-state index in [1.54, 1.807) is 4.90 Å². The third-order valence-corrected chi connectivity index (χ3v) is 6.99. The number of benzene rings is 1. The SMILES string of the molecule is CN(C)S(=O)(=O)C[C@@H]1CN(C(=O)CCc2c[nH]c3ccccc23)C[C@H]1O. The van der Waals surface area contributed by atoms with Crippen LogP contribution in [-0.2, 0) is 21.2 Å². The molecule has 1 saturated heterocycles. The predicted octanol–water partition coefficient (Wildman–Crippen LogP) is 0.811. The number of para-hydroxylation sites is 1. The summed E-state index contributed by atoms with van der Waals surface area (Å²) in [6, 6.07) is 7.94. The summed E-state index contributed by atoms with van der Waals surface area (Å²) in [6.07, 6.45) is 2.06. The van der Waals surface area contributed by atoms with Gasteiger partial charge in [-0.1, -0.05) is 18.2 Å². The van der Waals surface area contributed by atoms with Crippen molar-refractivity contribution in [1.82, 2.24) is 14.2 Å². The van der Waals surface area contributed by atoms with E-state index in [1.807, 2.05) is 30.5 Å². The third kappa shape index (κ3) is 3.92. The number of fused-ring (bicyclic) bond motifs is 1. The number of aliphatic hydroxyl groups excluding tert-OH is 1. The molecule has 7 nitrogen and oxygen atoms in total. The molecule has 0 radical (unpaired) electrons. The monoisotopic (exact) mass is 379 g/mol. The Labute approximate surface area is 153 Å². The zero-order chi connectivity index (χ0) is 18.9. The number of aromatic amines is 1. The maximum absolute atomic E-state index is 12.5. The number of likely N-dealkylation sites (tertiary alicyclic amines) is 1. The standard InChI is InChI=1S/C18H25N3O4S/c1-20(2)26(24,25)12-14-10-21(11-17(14)22)18(23)8-7-13-9-19-16-6-4-3-5-15(13)16/h3-6,9,14,17,19,22H,7-8,10-12H2,1-2H3/t14-,17+/m0/s1. The Kier molecular flexibility index (Phi) is 5.36. The molecule has 26 heavy (non-hydrogen) atoms. The number of hydrogen-bond acceptors (Lipinski definition) is 4. The molecule has 3 rings (SSSR count). The number of aromatic nitrogens is 1. The van der Waals surface area contributed by atoms with Gasteiger partial charge in [0.15, 0.2) is 0 Å². The Morgan fingerprint density at radius 3 is 2.77 bits per heavy atom. The van der Waals surface area contributed by atoms with Gasteiger partial charge in [0.2, 0.25) is 15.9 Å². The highest BCUT2D eigenvalue weighted by Crippen LogP contribution is 2.23. The van der Waals surface area contributed by atoms with E-state index in [2.05, 4.69) is 4.98 Å². The molecular weight excluding hydrogens is 354 g/mol. The lowest BCUT2D eigenvalue weighted by Crippen LogP contribution is -2.33. The summed E-state index contributed by atoms with van der Waals surface area (Å²) in [6.45, 7) is 0.473. The molecule has 1 aromatic heterocycles. The lowest BCUT2D eigenvalue weighted by Gasteiger charge is -2.18. The summed E-state index contributed by atoms with van der Waals surface area (Å²) in [4.78, 5) is 17.3. The van der Waals surface area contributed by atoms with Crippen molar-refractivity contribution >= 4 is 26.8 Å². The minimum atomic E-state index is -3.40. The largest absolute Gasteiger partial charge is 0.391 e. The summed E-state index contributed by atoms with van der Waals surface area (Å²) < 4.78 is 25.2. The van der Waals surface area contributed by atoms with E-state index in [0.717, 1.165) is 20.8 Å². The number of sulfonamides is 1. The molecule has 1 fully saturated rings. The molecule has 1 aliphatic heterocycles. The smallest absolute Gasteiger partial charge is 0.223 e. The molecular formula is C18H25N3O4S. The van der Waals surface area contributed by atoms with Crippen LogP contribution in [0.4, 0.5) is 0 Å². The van der Waals surface area contributed by atoms with Crippen LogP contribution in [0.15, 0.2) is 30.5 Å². The van der Waals surface area contributed by atoms with E-state index in [1.165, 1.54) is 14.1 Å². The Bertz CT molecular complexity index is 891. The van der Waals surface area contributed by atoms with Crippen molar-refractivity contribution in [3.8, 4) is 0 Å². The van der Waals surface area contributed by atoms with Gasteiger partial charge in [0, 0.05) is 56.6 Å². The van der Waals surface area contributed by atoms with Gasteiger partial charge in [-0.3, -0.25) is 4.79 Å². The minimum absolute atomic E-state index is 0.0564. The second-order valence-electron chi connectivity index (χ2n) is 7.05. The highest BCUT2D eigenvalue weighted by molar-refractivity contribution is 7.89. The van der Waals surface area contributed by atoms with Crippen molar-refractivity contribution in [2.75, 3.05) is 32.9 Å². The fourth-order valence-corrected chi connectivity index (χ4v) is 4.55. The number of amides is 1. The molecule has 0 unspecified atom stereocenters. The van der Waals surface area contributed by atoms with Crippen molar-refractivity contribution < 1.29 is 18.3 Å². The zero-order valence-corrected chi connectivity index (χ0v) is 15.9. The molecule has 2 N–H and O–H groups in total. The van der Waals surface area contributed by atoms with E-state index in [-0.39, 0.29) is 24.7 Å². The highest BCUT2D eigenvalue weighted by atomic mass is 32.2. The van der Waals surface area contributed by atoms with Crippen LogP contribution in [0, 0.1) is 5.92 Å². The summed E-state index contributed by atoms with van der Waals surface area (Å²) in [5, 5.41) is 11.3. The van der Waals surface area contributed by atoms with Gasteiger partial charge in [-0.2, -0.15) is 0 Å². The van der Waals surface area contributed by atoms with Gasteiger partial charge in [0.25, 0.3) is 0 Å². The number of H-pyrrole nitrogens is 1. The third-order valence-electron chi connectivity index (χ3n) is 5.02. The Balaban J connectivity index is 1.59. The van der Waals surface area contributed by atoms with Crippen LogP contribution in [0.2, 0.25) is 0 Å². The Hall–Kier alpha value is -1.90. The first-order chi connectivity index (χ1) is 12.3. The Morgan fingerprint density at radius 1 is 1.31 bits per heavy atom. The number of rotatable bonds is 6. The van der Waals surface area contributed by atoms with Gasteiger partial charge in [-0.25, -0.2) is 12.7 Å². The van der Waals surface area contributed by atoms with Gasteiger partial charge >= 0.3 is 0 Å². The van der Waals surface area contributed by atoms with Crippen LogP contribution in [0.3, 0.4) is 0 Å². The average Bonchev–Trinajstić information content (AvgIpc) is 3.16. The molecule has 8 heteroatoms. The first-order valence-corrected chi connectivity index (χ1v) is 10.3. The predicted molar refractivity (Wildman–Crippen MR) is 100 cm³/mol. The second kappa shape index (κ2) is 7.38. The summed E-state index contributed by atoms with van der Waals surface area (Å²) in [5.74, 6) is -0.647. The maximum Gasteiger partial charge on any atom is 0.223 e. The molecule has 1 aliphatic rings. The van der Waals surface area contributed by atoms with Gasteiger partial charge in [-0.05, 0) is 18.1 Å². The number of carbonyl (C=O) groups excluding carboxylic acids is 1. The first-order valence-electron chi connectivity index (χ1n) is 8.69. The van der Waals surface area contributed by atoms with Crippen LogP contribution in [-0.4, -0.2) is 72.7 Å². The quantitative estimate of drug-likeness (QED) is 0.777. The molecule has 1 amide bonds. The molecule has 0 aliphatic carbocycles. The van der Waals surface area contributed by atoms with Crippen LogP contribution in [0.25, 0.3) is 10.9 Å². The zero-order valence-electron chi connectivity index (χ0n) is 15.1. The van der Waals surface area contributed by atoms with Gasteiger partial charge in [-0.15, -0.1) is 0 Å². The van der Waals surface area contributed by atoms with Gasteiger partial charge < -0.3 is 15.0 Å². The number of hydrogen-bond donors (Lipinski definition) is 2. The maximum atomic E-state index is 12.5. The normalized spacial score (nSPS) is 21.0. The lowest BCUT2D eigenvalue weighted by molar-refractivity contribution is -0.130. The van der Waals surface area contributed by atoms with E-state index in [4.69, 9.17) is 0 Å². The molecule has 142 valence electrons. The summed E-state index contributed by atoms with van der Waals surface area (Å²) in [7, 11) is -0.458. The van der Waals surface area contributed by atoms with E-state index >= 15 is 0 Å². The number of aryl methyl sites for hydroxylation is 1. The molecule has 1 aromatic carbocycles. The number of aliphatic hydroxyl groups is 1. The van der Waals surface area contributed by atoms with Crippen molar-refractivity contribution in [1.29, 1.82) is 0 Å². The molecule has 0 spiro atoms. The number of carbonyl (C=O) groups is 1. The van der Waals surface area contributed by atoms with Crippen LogP contribution >= 0.6 is 0 Å². The van der Waals surface area contributed by atoms with Crippen LogP contribution < -0.4 is 0 Å². The molecule has 0 saturated carbocycles. The summed E-state index contributed by atoms with van der Waals surface area (Å²) in [5.41, 5.74) is 2.13. The summed E-state index contributed by atoms with van der Waals surface area (Å²) >= 11 is 0. The minimum Gasteiger partial charge on any atom is -0.391 e. The number of nitrogens with one attached hydrogen (secondary N) is 1. The van der Waals surface area contributed by atoms with Crippen molar-refractivity contribution in [3.05, 3.63) is 36.0 Å². The lowest BCUT2D eigenvalue weighted by atomic mass is 10.1. The molecule has 2 atom stereocenters. The van der Waals surface area contributed by atoms with Crippen molar-refractivity contribution in [3.63, 3.8) is 0 Å². The van der Waals surface area contributed by atoms with E-state index in [0.29, 0.717) is 12.8 Å². The highest BCUT2D eigenvalue weighted by Gasteiger charge is 2.37. The average molecular weight is 379 g/mol. The van der Waals surface area contributed by atoms with Crippen LogP contribution in [0.1, 0.15) is 12.0 Å².